The molecule has 1 saturated carbocycles. The van der Waals surface area contributed by atoms with Crippen LogP contribution >= 0.6 is 31.9 Å². The van der Waals surface area contributed by atoms with Gasteiger partial charge in [0.05, 0.1) is 12.3 Å². The quantitative estimate of drug-likeness (QED) is 0.710. The van der Waals surface area contributed by atoms with E-state index < -0.39 is 0 Å². The predicted molar refractivity (Wildman–Crippen MR) is 79.0 cm³/mol. The van der Waals surface area contributed by atoms with Crippen LogP contribution in [0, 0.1) is 0 Å². The second-order valence-corrected chi connectivity index (χ2v) is 5.75. The zero-order valence-corrected chi connectivity index (χ0v) is 13.1. The van der Waals surface area contributed by atoms with E-state index in [-0.39, 0.29) is 0 Å². The molecule has 1 aliphatic rings. The molecule has 1 aromatic rings. The molecule has 94 valence electrons. The second-order valence-electron chi connectivity index (χ2n) is 4.34. The van der Waals surface area contributed by atoms with Crippen LogP contribution in [-0.4, -0.2) is 26.3 Å². The Bertz CT molecular complexity index is 380. The van der Waals surface area contributed by atoms with Crippen LogP contribution in [0.1, 0.15) is 18.4 Å². The molecule has 2 nitrogen and oxygen atoms in total. The third kappa shape index (κ3) is 3.46. The maximum absolute atomic E-state index is 5.19. The zero-order valence-electron chi connectivity index (χ0n) is 9.96. The molecule has 0 heterocycles. The van der Waals surface area contributed by atoms with Gasteiger partial charge in [0.2, 0.25) is 0 Å². The fourth-order valence-electron chi connectivity index (χ4n) is 1.94. The molecule has 0 spiro atoms. The van der Waals surface area contributed by atoms with E-state index in [0.717, 1.165) is 18.5 Å². The molecule has 1 aliphatic carbocycles. The number of methoxy groups -OCH3 is 1. The van der Waals surface area contributed by atoms with Crippen molar-refractivity contribution in [2.45, 2.75) is 24.2 Å². The zero-order chi connectivity index (χ0) is 12.3. The third-order valence-corrected chi connectivity index (χ3v) is 4.28. The summed E-state index contributed by atoms with van der Waals surface area (Å²) in [7, 11) is 1.76. The fourth-order valence-corrected chi connectivity index (χ4v) is 2.94. The lowest BCUT2D eigenvalue weighted by Crippen LogP contribution is -2.29. The molecular weight excluding hydrogens is 346 g/mol. The van der Waals surface area contributed by atoms with Crippen LogP contribution in [-0.2, 0) is 10.1 Å². The molecule has 0 N–H and O–H groups in total. The van der Waals surface area contributed by atoms with Gasteiger partial charge in [0.1, 0.15) is 0 Å². The summed E-state index contributed by atoms with van der Waals surface area (Å²) in [5.41, 5.74) is 2.58. The highest BCUT2D eigenvalue weighted by Crippen LogP contribution is 2.36. The molecule has 0 radical (unpaired) electrons. The number of anilines is 1. The Morgan fingerprint density at radius 3 is 2.71 bits per heavy atom. The number of rotatable bonds is 6. The van der Waals surface area contributed by atoms with Crippen LogP contribution in [0.15, 0.2) is 22.7 Å². The molecule has 0 amide bonds. The lowest BCUT2D eigenvalue weighted by molar-refractivity contribution is 0.205. The maximum Gasteiger partial charge on any atom is 0.0637 e. The van der Waals surface area contributed by atoms with Crippen molar-refractivity contribution in [2.24, 2.45) is 0 Å². The van der Waals surface area contributed by atoms with Crippen molar-refractivity contribution in [1.82, 2.24) is 0 Å². The first kappa shape index (κ1) is 13.4. The first-order chi connectivity index (χ1) is 8.26. The number of benzene rings is 1. The number of hydrogen-bond acceptors (Lipinski definition) is 2. The monoisotopic (exact) mass is 361 g/mol. The van der Waals surface area contributed by atoms with E-state index in [1.807, 2.05) is 0 Å². The standard InChI is InChI=1S/C13H17Br2NO/c1-17-7-6-16(11-3-4-11)13-5-2-10(9-14)8-12(13)15/h2,5,8,11H,3-4,6-7,9H2,1H3. The van der Waals surface area contributed by atoms with Gasteiger partial charge < -0.3 is 9.64 Å². The average molecular weight is 363 g/mol. The number of nitrogens with zero attached hydrogens (tertiary/aromatic N) is 1. The van der Waals surface area contributed by atoms with E-state index in [1.165, 1.54) is 28.6 Å². The van der Waals surface area contributed by atoms with Crippen LogP contribution in [0.25, 0.3) is 0 Å². The normalized spacial score (nSPS) is 15.0. The van der Waals surface area contributed by atoms with E-state index in [9.17, 15) is 0 Å². The Labute approximate surface area is 120 Å². The molecule has 0 atom stereocenters. The van der Waals surface area contributed by atoms with Crippen LogP contribution in [0.5, 0.6) is 0 Å². The lowest BCUT2D eigenvalue weighted by Gasteiger charge is -2.25. The maximum atomic E-state index is 5.19. The van der Waals surface area contributed by atoms with Gasteiger partial charge >= 0.3 is 0 Å². The van der Waals surface area contributed by atoms with Gasteiger partial charge in [0.15, 0.2) is 0 Å². The van der Waals surface area contributed by atoms with Crippen LogP contribution in [0.2, 0.25) is 0 Å². The molecule has 2 rings (SSSR count). The van der Waals surface area contributed by atoms with Gasteiger partial charge in [-0.1, -0.05) is 22.0 Å². The first-order valence-corrected chi connectivity index (χ1v) is 7.77. The summed E-state index contributed by atoms with van der Waals surface area (Å²) >= 11 is 7.16. The molecule has 17 heavy (non-hydrogen) atoms. The largest absolute Gasteiger partial charge is 0.383 e. The van der Waals surface area contributed by atoms with Crippen molar-refractivity contribution in [3.63, 3.8) is 0 Å². The van der Waals surface area contributed by atoms with E-state index in [2.05, 4.69) is 55.0 Å². The second kappa shape index (κ2) is 6.21. The smallest absolute Gasteiger partial charge is 0.0637 e. The highest BCUT2D eigenvalue weighted by atomic mass is 79.9. The number of halogens is 2. The number of alkyl halides is 1. The van der Waals surface area contributed by atoms with Gasteiger partial charge in [0.25, 0.3) is 0 Å². The molecular formula is C13H17Br2NO. The van der Waals surface area contributed by atoms with Crippen molar-refractivity contribution in [1.29, 1.82) is 0 Å². The summed E-state index contributed by atoms with van der Waals surface area (Å²) in [6.07, 6.45) is 2.60. The van der Waals surface area contributed by atoms with Gasteiger partial charge in [0, 0.05) is 29.5 Å². The SMILES string of the molecule is COCCN(c1ccc(CBr)cc1Br)C1CC1. The summed E-state index contributed by atoms with van der Waals surface area (Å²) < 4.78 is 6.37. The van der Waals surface area contributed by atoms with Gasteiger partial charge in [-0.15, -0.1) is 0 Å². The van der Waals surface area contributed by atoms with Crippen molar-refractivity contribution in [2.75, 3.05) is 25.2 Å². The summed E-state index contributed by atoms with van der Waals surface area (Å²) in [5, 5.41) is 0.896. The van der Waals surface area contributed by atoms with Gasteiger partial charge in [-0.2, -0.15) is 0 Å². The van der Waals surface area contributed by atoms with Crippen molar-refractivity contribution >= 4 is 37.5 Å². The summed E-state index contributed by atoms with van der Waals surface area (Å²) in [5.74, 6) is 0. The van der Waals surface area contributed by atoms with Crippen LogP contribution < -0.4 is 4.90 Å². The molecule has 0 unspecified atom stereocenters. The molecule has 0 aliphatic heterocycles. The Morgan fingerprint density at radius 1 is 1.41 bits per heavy atom. The molecule has 4 heteroatoms. The number of ether oxygens (including phenoxy) is 1. The van der Waals surface area contributed by atoms with Gasteiger partial charge in [-0.3, -0.25) is 0 Å². The lowest BCUT2D eigenvalue weighted by atomic mass is 10.2. The van der Waals surface area contributed by atoms with Gasteiger partial charge in [-0.25, -0.2) is 0 Å². The van der Waals surface area contributed by atoms with E-state index in [1.54, 1.807) is 7.11 Å². The minimum absolute atomic E-state index is 0.705. The highest BCUT2D eigenvalue weighted by molar-refractivity contribution is 9.10. The number of hydrogen-bond donors (Lipinski definition) is 0. The van der Waals surface area contributed by atoms with Crippen molar-refractivity contribution in [3.05, 3.63) is 28.2 Å². The predicted octanol–water partition coefficient (Wildman–Crippen LogP) is 3.96. The minimum atomic E-state index is 0.705. The third-order valence-electron chi connectivity index (χ3n) is 3.00. The van der Waals surface area contributed by atoms with E-state index >= 15 is 0 Å². The summed E-state index contributed by atoms with van der Waals surface area (Å²) in [6, 6.07) is 7.27. The Morgan fingerprint density at radius 2 is 2.18 bits per heavy atom. The Kier molecular flexibility index (Phi) is 4.88. The highest BCUT2D eigenvalue weighted by Gasteiger charge is 2.29. The average Bonchev–Trinajstić information content (AvgIpc) is 3.15. The van der Waals surface area contributed by atoms with Crippen molar-refractivity contribution < 1.29 is 4.74 Å². The minimum Gasteiger partial charge on any atom is -0.383 e. The molecule has 1 fully saturated rings. The molecule has 0 aromatic heterocycles. The first-order valence-electron chi connectivity index (χ1n) is 5.86. The summed E-state index contributed by atoms with van der Waals surface area (Å²) in [6.45, 7) is 1.75. The van der Waals surface area contributed by atoms with Gasteiger partial charge in [-0.05, 0) is 46.5 Å². The summed E-state index contributed by atoms with van der Waals surface area (Å²) in [4.78, 5) is 2.45. The molecule has 0 bridgehead atoms. The van der Waals surface area contributed by atoms with E-state index in [0.29, 0.717) is 6.04 Å². The Balaban J connectivity index is 2.16. The van der Waals surface area contributed by atoms with E-state index in [4.69, 9.17) is 4.74 Å². The van der Waals surface area contributed by atoms with Crippen molar-refractivity contribution in [3.8, 4) is 0 Å². The fraction of sp³-hybridized carbons (Fsp3) is 0.538. The van der Waals surface area contributed by atoms with Crippen LogP contribution in [0.3, 0.4) is 0 Å². The van der Waals surface area contributed by atoms with Crippen LogP contribution in [0.4, 0.5) is 5.69 Å². The topological polar surface area (TPSA) is 12.5 Å². The Hall–Kier alpha value is -0.0600. The molecule has 1 aromatic carbocycles. The molecule has 0 saturated heterocycles.